The van der Waals surface area contributed by atoms with E-state index in [0.29, 0.717) is 14.9 Å². The Labute approximate surface area is 117 Å². The van der Waals surface area contributed by atoms with Crippen molar-refractivity contribution in [1.82, 2.24) is 0 Å². The SMILES string of the molecule is O=C(Nc1ccc(C(=O)O)c(O)c1)c1ccc(Cl)s1. The standard InChI is InChI=1S/C12H8ClNO4S/c13-10-4-3-9(19-10)11(16)14-6-1-2-7(12(17)18)8(15)5-6/h1-5,15H,(H,14,16)(H,17,18). The molecule has 7 heteroatoms. The Bertz CT molecular complexity index is 653. The molecule has 0 saturated heterocycles. The third kappa shape index (κ3) is 3.04. The van der Waals surface area contributed by atoms with Gasteiger partial charge in [-0.15, -0.1) is 11.3 Å². The third-order valence-corrected chi connectivity index (χ3v) is 3.51. The van der Waals surface area contributed by atoms with Crippen LogP contribution in [-0.2, 0) is 0 Å². The molecule has 2 rings (SSSR count). The molecule has 1 heterocycles. The Balaban J connectivity index is 2.18. The van der Waals surface area contributed by atoms with Crippen LogP contribution < -0.4 is 5.32 Å². The fraction of sp³-hybridized carbons (Fsp3) is 0. The van der Waals surface area contributed by atoms with Crippen LogP contribution in [0.2, 0.25) is 4.34 Å². The van der Waals surface area contributed by atoms with E-state index >= 15 is 0 Å². The molecule has 0 saturated carbocycles. The maximum atomic E-state index is 11.8. The number of thiophene rings is 1. The van der Waals surface area contributed by atoms with Crippen LogP contribution in [0.5, 0.6) is 5.75 Å². The van der Waals surface area contributed by atoms with Gasteiger partial charge in [0, 0.05) is 11.8 Å². The van der Waals surface area contributed by atoms with Crippen molar-refractivity contribution in [1.29, 1.82) is 0 Å². The molecule has 98 valence electrons. The molecule has 0 spiro atoms. The smallest absolute Gasteiger partial charge is 0.339 e. The highest BCUT2D eigenvalue weighted by Crippen LogP contribution is 2.25. The first-order chi connectivity index (χ1) is 8.97. The number of benzene rings is 1. The number of hydrogen-bond acceptors (Lipinski definition) is 4. The number of phenols is 1. The third-order valence-electron chi connectivity index (χ3n) is 2.28. The zero-order valence-electron chi connectivity index (χ0n) is 9.38. The van der Waals surface area contributed by atoms with Crippen molar-refractivity contribution in [2.75, 3.05) is 5.32 Å². The molecular formula is C12H8ClNO4S. The molecule has 19 heavy (non-hydrogen) atoms. The first-order valence-electron chi connectivity index (χ1n) is 5.10. The maximum Gasteiger partial charge on any atom is 0.339 e. The quantitative estimate of drug-likeness (QED) is 0.812. The number of carbonyl (C=O) groups excluding carboxylic acids is 1. The predicted octanol–water partition coefficient (Wildman–Crippen LogP) is 3.06. The molecule has 0 radical (unpaired) electrons. The Hall–Kier alpha value is -2.05. The second-order valence-corrected chi connectivity index (χ2v) is 5.31. The number of carboxylic acid groups (broad SMARTS) is 1. The van der Waals surface area contributed by atoms with E-state index in [1.807, 2.05) is 0 Å². The van der Waals surface area contributed by atoms with Crippen LogP contribution in [-0.4, -0.2) is 22.1 Å². The molecule has 0 aliphatic heterocycles. The van der Waals surface area contributed by atoms with Crippen LogP contribution in [0.3, 0.4) is 0 Å². The van der Waals surface area contributed by atoms with Crippen molar-refractivity contribution in [2.45, 2.75) is 0 Å². The van der Waals surface area contributed by atoms with Gasteiger partial charge in [0.05, 0.1) is 9.21 Å². The molecule has 0 atom stereocenters. The summed E-state index contributed by atoms with van der Waals surface area (Å²) >= 11 is 6.85. The summed E-state index contributed by atoms with van der Waals surface area (Å²) in [6.07, 6.45) is 0. The van der Waals surface area contributed by atoms with Crippen LogP contribution in [0, 0.1) is 0 Å². The number of anilines is 1. The lowest BCUT2D eigenvalue weighted by Crippen LogP contribution is -2.10. The number of rotatable bonds is 3. The van der Waals surface area contributed by atoms with E-state index in [-0.39, 0.29) is 11.5 Å². The normalized spacial score (nSPS) is 10.2. The van der Waals surface area contributed by atoms with E-state index in [2.05, 4.69) is 5.32 Å². The molecule has 1 aromatic heterocycles. The monoisotopic (exact) mass is 297 g/mol. The molecule has 0 aliphatic carbocycles. The van der Waals surface area contributed by atoms with Gasteiger partial charge in [0.15, 0.2) is 0 Å². The fourth-order valence-corrected chi connectivity index (χ4v) is 2.36. The summed E-state index contributed by atoms with van der Waals surface area (Å²) in [7, 11) is 0. The van der Waals surface area contributed by atoms with E-state index in [0.717, 1.165) is 11.3 Å². The van der Waals surface area contributed by atoms with Crippen LogP contribution in [0.4, 0.5) is 5.69 Å². The minimum atomic E-state index is -1.24. The molecule has 0 unspecified atom stereocenters. The van der Waals surface area contributed by atoms with Crippen LogP contribution in [0.1, 0.15) is 20.0 Å². The maximum absolute atomic E-state index is 11.8. The highest BCUT2D eigenvalue weighted by Gasteiger charge is 2.12. The van der Waals surface area contributed by atoms with E-state index in [4.69, 9.17) is 16.7 Å². The summed E-state index contributed by atoms with van der Waals surface area (Å²) in [4.78, 5) is 22.9. The Morgan fingerprint density at radius 2 is 1.95 bits per heavy atom. The van der Waals surface area contributed by atoms with Gasteiger partial charge in [0.2, 0.25) is 0 Å². The summed E-state index contributed by atoms with van der Waals surface area (Å²) < 4.78 is 0.495. The second-order valence-electron chi connectivity index (χ2n) is 3.59. The van der Waals surface area contributed by atoms with Crippen LogP contribution in [0.15, 0.2) is 30.3 Å². The molecule has 0 fully saturated rings. The molecule has 0 bridgehead atoms. The zero-order valence-corrected chi connectivity index (χ0v) is 11.0. The summed E-state index contributed by atoms with van der Waals surface area (Å²) in [5, 5.41) is 20.8. The van der Waals surface area contributed by atoms with Gasteiger partial charge in [-0.1, -0.05) is 11.6 Å². The van der Waals surface area contributed by atoms with Crippen molar-refractivity contribution in [3.05, 3.63) is 45.1 Å². The number of nitrogens with one attached hydrogen (secondary N) is 1. The highest BCUT2D eigenvalue weighted by molar-refractivity contribution is 7.18. The number of hydrogen-bond donors (Lipinski definition) is 3. The van der Waals surface area contributed by atoms with Crippen LogP contribution in [0.25, 0.3) is 0 Å². The summed E-state index contributed by atoms with van der Waals surface area (Å²) in [5.74, 6) is -2.02. The van der Waals surface area contributed by atoms with Gasteiger partial charge in [0.1, 0.15) is 11.3 Å². The summed E-state index contributed by atoms with van der Waals surface area (Å²) in [5.41, 5.74) is 0.0780. The lowest BCUT2D eigenvalue weighted by atomic mass is 10.2. The molecule has 5 nitrogen and oxygen atoms in total. The number of amides is 1. The number of aromatic carboxylic acids is 1. The van der Waals surface area contributed by atoms with Gasteiger partial charge < -0.3 is 15.5 Å². The van der Waals surface area contributed by atoms with Crippen molar-refractivity contribution in [2.24, 2.45) is 0 Å². The average molecular weight is 298 g/mol. The van der Waals surface area contributed by atoms with Crippen molar-refractivity contribution >= 4 is 40.5 Å². The van der Waals surface area contributed by atoms with Crippen molar-refractivity contribution in [3.8, 4) is 5.75 Å². The van der Waals surface area contributed by atoms with Gasteiger partial charge >= 0.3 is 5.97 Å². The van der Waals surface area contributed by atoms with Gasteiger partial charge in [-0.25, -0.2) is 4.79 Å². The summed E-state index contributed by atoms with van der Waals surface area (Å²) in [6, 6.07) is 6.97. The second kappa shape index (κ2) is 5.29. The molecule has 1 aromatic carbocycles. The van der Waals surface area contributed by atoms with E-state index in [9.17, 15) is 14.7 Å². The first-order valence-corrected chi connectivity index (χ1v) is 6.30. The minimum absolute atomic E-state index is 0.225. The molecule has 0 aliphatic rings. The predicted molar refractivity (Wildman–Crippen MR) is 72.3 cm³/mol. The van der Waals surface area contributed by atoms with Crippen molar-refractivity contribution < 1.29 is 19.8 Å². The summed E-state index contributed by atoms with van der Waals surface area (Å²) in [6.45, 7) is 0. The zero-order chi connectivity index (χ0) is 14.0. The number of carbonyl (C=O) groups is 2. The fourth-order valence-electron chi connectivity index (χ4n) is 1.42. The Kier molecular flexibility index (Phi) is 3.73. The minimum Gasteiger partial charge on any atom is -0.507 e. The molecule has 3 N–H and O–H groups in total. The first kappa shape index (κ1) is 13.4. The van der Waals surface area contributed by atoms with Gasteiger partial charge in [-0.3, -0.25) is 4.79 Å². The van der Waals surface area contributed by atoms with Gasteiger partial charge in [-0.05, 0) is 24.3 Å². The molecule has 1 amide bonds. The Morgan fingerprint density at radius 1 is 1.21 bits per heavy atom. The average Bonchev–Trinajstić information content (AvgIpc) is 2.75. The highest BCUT2D eigenvalue weighted by atomic mass is 35.5. The lowest BCUT2D eigenvalue weighted by Gasteiger charge is -2.05. The lowest BCUT2D eigenvalue weighted by molar-refractivity contribution is 0.0693. The number of carboxylic acids is 1. The number of aromatic hydroxyl groups is 1. The van der Waals surface area contributed by atoms with Gasteiger partial charge in [-0.2, -0.15) is 0 Å². The van der Waals surface area contributed by atoms with E-state index < -0.39 is 11.7 Å². The number of halogens is 1. The van der Waals surface area contributed by atoms with E-state index in [1.165, 1.54) is 18.2 Å². The van der Waals surface area contributed by atoms with Crippen molar-refractivity contribution in [3.63, 3.8) is 0 Å². The topological polar surface area (TPSA) is 86.6 Å². The Morgan fingerprint density at radius 3 is 2.47 bits per heavy atom. The van der Waals surface area contributed by atoms with E-state index in [1.54, 1.807) is 12.1 Å². The van der Waals surface area contributed by atoms with Crippen LogP contribution >= 0.6 is 22.9 Å². The molecular weight excluding hydrogens is 290 g/mol. The molecule has 2 aromatic rings. The largest absolute Gasteiger partial charge is 0.507 e. The van der Waals surface area contributed by atoms with Gasteiger partial charge in [0.25, 0.3) is 5.91 Å².